The highest BCUT2D eigenvalue weighted by Crippen LogP contribution is 2.55. The number of anilines is 6. The molecule has 5 aromatic carbocycles. The van der Waals surface area contributed by atoms with E-state index in [9.17, 15) is 0 Å². The molecule has 0 atom stereocenters. The van der Waals surface area contributed by atoms with Crippen molar-refractivity contribution >= 4 is 57.4 Å². The van der Waals surface area contributed by atoms with Crippen LogP contribution in [0.5, 0.6) is 0 Å². The topological polar surface area (TPSA) is 19.6 Å². The maximum atomic E-state index is 7.69. The zero-order chi connectivity index (χ0) is 46.7. The van der Waals surface area contributed by atoms with Crippen molar-refractivity contribution < 1.29 is 4.42 Å². The van der Waals surface area contributed by atoms with Crippen LogP contribution < -0.4 is 26.2 Å². The number of aryl methyl sites for hydroxylation is 2. The molecule has 0 radical (unpaired) electrons. The lowest BCUT2D eigenvalue weighted by atomic mass is 9.32. The van der Waals surface area contributed by atoms with Crippen molar-refractivity contribution in [3.8, 4) is 11.1 Å². The van der Waals surface area contributed by atoms with Gasteiger partial charge < -0.3 is 9.32 Å². The highest BCUT2D eigenvalue weighted by atomic mass is 16.4. The van der Waals surface area contributed by atoms with Crippen LogP contribution in [0.1, 0.15) is 180 Å². The van der Waals surface area contributed by atoms with Gasteiger partial charge in [-0.2, -0.15) is 0 Å². The second-order valence-electron chi connectivity index (χ2n) is 25.8. The summed E-state index contributed by atoms with van der Waals surface area (Å²) >= 11 is 0. The molecule has 11 rings (SSSR count). The molecule has 6 aromatic rings. The third kappa shape index (κ3) is 6.64. The van der Waals surface area contributed by atoms with Crippen LogP contribution in [-0.4, -0.2) is 6.71 Å². The van der Waals surface area contributed by atoms with Gasteiger partial charge >= 0.3 is 0 Å². The average molecular weight is 873 g/mol. The first-order valence-corrected chi connectivity index (χ1v) is 25.4. The normalized spacial score (nSPS) is 19.6. The minimum atomic E-state index is -0.104. The van der Waals surface area contributed by atoms with E-state index in [2.05, 4.69) is 198 Å². The predicted octanol–water partition coefficient (Wildman–Crippen LogP) is 15.2. The van der Waals surface area contributed by atoms with Gasteiger partial charge in [-0.3, -0.25) is 4.90 Å². The van der Waals surface area contributed by atoms with Crippen molar-refractivity contribution in [1.82, 2.24) is 0 Å². The largest absolute Gasteiger partial charge is 0.444 e. The molecule has 0 fully saturated rings. The second-order valence-corrected chi connectivity index (χ2v) is 25.8. The first-order chi connectivity index (χ1) is 30.9. The number of hydrogen-bond acceptors (Lipinski definition) is 3. The quantitative estimate of drug-likeness (QED) is 0.165. The Morgan fingerprint density at radius 2 is 1.00 bits per heavy atom. The molecular formula is C62H73BN2O. The van der Waals surface area contributed by atoms with Crippen LogP contribution in [0.25, 0.3) is 11.1 Å². The lowest BCUT2D eigenvalue weighted by Gasteiger charge is -2.47. The molecule has 3 heterocycles. The standard InChI is InChI=1S/C62H73BN2O/c1-57(2,3)42-21-25-44(26-22-42)64-49-37-47-46(59(7,8)29-30-60(47,9)10)36-48(49)63-53-50(64)34-41(40-20-19-38-17-15-16-18-39(38)33-40)35-51(53)65(45-27-23-43(24-28-45)58(4,5)6)56-54(63)52-55(66-56)62(13,14)32-31-61(52,11)12/h19-28,33-37H,15-18,29-32H2,1-14H3. The van der Waals surface area contributed by atoms with E-state index in [4.69, 9.17) is 4.42 Å². The summed E-state index contributed by atoms with van der Waals surface area (Å²) < 4.78 is 7.69. The monoisotopic (exact) mass is 873 g/mol. The molecule has 0 saturated heterocycles. The fourth-order valence-electron chi connectivity index (χ4n) is 12.7. The Bertz CT molecular complexity index is 2940. The number of furan rings is 1. The van der Waals surface area contributed by atoms with Crippen LogP contribution in [0, 0.1) is 0 Å². The summed E-state index contributed by atoms with van der Waals surface area (Å²) in [7, 11) is 0. The highest BCUT2D eigenvalue weighted by Gasteiger charge is 2.53. The lowest BCUT2D eigenvalue weighted by Crippen LogP contribution is -2.63. The van der Waals surface area contributed by atoms with E-state index in [0.29, 0.717) is 0 Å². The Morgan fingerprint density at radius 1 is 0.485 bits per heavy atom. The molecule has 0 amide bonds. The van der Waals surface area contributed by atoms with E-state index in [1.165, 1.54) is 127 Å². The highest BCUT2D eigenvalue weighted by molar-refractivity contribution is 7.00. The molecule has 2 aliphatic heterocycles. The van der Waals surface area contributed by atoms with E-state index in [-0.39, 0.29) is 39.2 Å². The zero-order valence-electron chi connectivity index (χ0n) is 42.7. The van der Waals surface area contributed by atoms with Crippen LogP contribution in [0.4, 0.5) is 34.3 Å². The van der Waals surface area contributed by atoms with Crippen LogP contribution in [0.15, 0.2) is 95.4 Å². The molecule has 0 bridgehead atoms. The van der Waals surface area contributed by atoms with Crippen LogP contribution in [-0.2, 0) is 45.3 Å². The minimum Gasteiger partial charge on any atom is -0.444 e. The Morgan fingerprint density at radius 3 is 1.59 bits per heavy atom. The molecule has 66 heavy (non-hydrogen) atoms. The third-order valence-corrected chi connectivity index (χ3v) is 17.2. The van der Waals surface area contributed by atoms with Crippen LogP contribution in [0.3, 0.4) is 0 Å². The molecule has 0 spiro atoms. The van der Waals surface area contributed by atoms with Gasteiger partial charge in [0.25, 0.3) is 6.71 Å². The molecule has 4 heteroatoms. The van der Waals surface area contributed by atoms with E-state index in [1.807, 2.05) is 0 Å². The lowest BCUT2D eigenvalue weighted by molar-refractivity contribution is 0.280. The second kappa shape index (κ2) is 14.3. The molecular weight excluding hydrogens is 800 g/mol. The van der Waals surface area contributed by atoms with Gasteiger partial charge in [-0.1, -0.05) is 145 Å². The Labute approximate surface area is 397 Å². The van der Waals surface area contributed by atoms with Gasteiger partial charge in [-0.15, -0.1) is 0 Å². The molecule has 0 saturated carbocycles. The molecule has 5 aliphatic rings. The minimum absolute atomic E-state index is 0.0143. The summed E-state index contributed by atoms with van der Waals surface area (Å²) in [6, 6.07) is 36.8. The van der Waals surface area contributed by atoms with Gasteiger partial charge in [-0.05, 0) is 187 Å². The molecule has 3 aliphatic carbocycles. The summed E-state index contributed by atoms with van der Waals surface area (Å²) in [5, 5.41) is 0. The van der Waals surface area contributed by atoms with Crippen molar-refractivity contribution in [2.75, 3.05) is 9.80 Å². The van der Waals surface area contributed by atoms with Gasteiger partial charge in [0.15, 0.2) is 5.88 Å². The molecule has 340 valence electrons. The SMILES string of the molecule is CC(C)(C)c1ccc(N2c3cc4c(cc3B3c5c2cc(-c2ccc6c(c2)CCCC6)cc5N(c2ccc(C(C)(C)C)cc2)c2oc5c(c23)C(C)(C)CCC5(C)C)C(C)(C)CCC4(C)C)cc1. The maximum Gasteiger partial charge on any atom is 0.256 e. The fourth-order valence-corrected chi connectivity index (χ4v) is 12.7. The van der Waals surface area contributed by atoms with Crippen molar-refractivity contribution in [2.45, 2.75) is 181 Å². The Balaban J connectivity index is 1.29. The van der Waals surface area contributed by atoms with Gasteiger partial charge in [0.1, 0.15) is 5.76 Å². The first kappa shape index (κ1) is 43.6. The number of hydrogen-bond donors (Lipinski definition) is 0. The Hall–Kier alpha value is -4.96. The van der Waals surface area contributed by atoms with Crippen LogP contribution in [0.2, 0.25) is 0 Å². The fraction of sp³-hybridized carbons (Fsp3) is 0.452. The summed E-state index contributed by atoms with van der Waals surface area (Å²) in [4.78, 5) is 5.21. The summed E-state index contributed by atoms with van der Waals surface area (Å²) in [5.74, 6) is 2.18. The van der Waals surface area contributed by atoms with E-state index in [1.54, 1.807) is 0 Å². The van der Waals surface area contributed by atoms with Gasteiger partial charge in [0, 0.05) is 33.9 Å². The maximum absolute atomic E-state index is 7.69. The first-order valence-electron chi connectivity index (χ1n) is 25.4. The summed E-state index contributed by atoms with van der Waals surface area (Å²) in [6.07, 6.45) is 9.43. The van der Waals surface area contributed by atoms with Crippen molar-refractivity contribution in [2.24, 2.45) is 0 Å². The number of rotatable bonds is 3. The Kier molecular flexibility index (Phi) is 9.44. The predicted molar refractivity (Wildman–Crippen MR) is 283 cm³/mol. The van der Waals surface area contributed by atoms with Crippen molar-refractivity contribution in [3.63, 3.8) is 0 Å². The van der Waals surface area contributed by atoms with Crippen LogP contribution >= 0.6 is 0 Å². The summed E-state index contributed by atoms with van der Waals surface area (Å²) in [5.41, 5.74) is 23.0. The van der Waals surface area contributed by atoms with Gasteiger partial charge in [0.05, 0.1) is 0 Å². The number of fused-ring (bicyclic) bond motifs is 8. The molecule has 3 nitrogen and oxygen atoms in total. The zero-order valence-corrected chi connectivity index (χ0v) is 42.7. The van der Waals surface area contributed by atoms with E-state index >= 15 is 0 Å². The van der Waals surface area contributed by atoms with E-state index < -0.39 is 0 Å². The van der Waals surface area contributed by atoms with Crippen molar-refractivity contribution in [3.05, 3.63) is 136 Å². The van der Waals surface area contributed by atoms with Gasteiger partial charge in [0.2, 0.25) is 0 Å². The average Bonchev–Trinajstić information content (AvgIpc) is 3.69. The van der Waals surface area contributed by atoms with Crippen molar-refractivity contribution in [1.29, 1.82) is 0 Å². The molecule has 0 unspecified atom stereocenters. The number of benzene rings is 5. The van der Waals surface area contributed by atoms with E-state index in [0.717, 1.165) is 30.8 Å². The number of nitrogens with zero attached hydrogens (tertiary/aromatic N) is 2. The smallest absolute Gasteiger partial charge is 0.256 e. The molecule has 0 N–H and O–H groups in total. The summed E-state index contributed by atoms with van der Waals surface area (Å²) in [6.45, 7) is 33.7. The molecule has 1 aromatic heterocycles. The third-order valence-electron chi connectivity index (χ3n) is 17.2. The van der Waals surface area contributed by atoms with Gasteiger partial charge in [-0.25, -0.2) is 0 Å².